The van der Waals surface area contributed by atoms with Crippen molar-refractivity contribution in [2.75, 3.05) is 19.7 Å². The molecule has 2 atom stereocenters. The van der Waals surface area contributed by atoms with Crippen molar-refractivity contribution in [3.05, 3.63) is 0 Å². The third-order valence-electron chi connectivity index (χ3n) is 4.86. The lowest BCUT2D eigenvalue weighted by molar-refractivity contribution is 0.0251. The van der Waals surface area contributed by atoms with Gasteiger partial charge in [0, 0.05) is 18.6 Å². The molecule has 2 fully saturated rings. The van der Waals surface area contributed by atoms with E-state index in [1.54, 1.807) is 0 Å². The van der Waals surface area contributed by atoms with Crippen LogP contribution < -0.4 is 5.32 Å². The maximum atomic E-state index is 6.14. The van der Waals surface area contributed by atoms with Gasteiger partial charge in [-0.1, -0.05) is 40.0 Å². The lowest BCUT2D eigenvalue weighted by Crippen LogP contribution is -2.42. The average molecular weight is 267 g/mol. The lowest BCUT2D eigenvalue weighted by Gasteiger charge is -2.35. The zero-order valence-corrected chi connectivity index (χ0v) is 13.2. The van der Waals surface area contributed by atoms with E-state index in [9.17, 15) is 0 Å². The zero-order chi connectivity index (χ0) is 13.7. The predicted molar refractivity (Wildman–Crippen MR) is 81.4 cm³/mol. The van der Waals surface area contributed by atoms with Crippen molar-refractivity contribution >= 4 is 0 Å². The normalized spacial score (nSPS) is 31.3. The lowest BCUT2D eigenvalue weighted by atomic mass is 9.74. The Morgan fingerprint density at radius 1 is 1.26 bits per heavy atom. The van der Waals surface area contributed by atoms with Gasteiger partial charge in [-0.15, -0.1) is 0 Å². The Hall–Kier alpha value is -0.0800. The molecule has 2 unspecified atom stereocenters. The Kier molecular flexibility index (Phi) is 5.70. The molecule has 0 aromatic heterocycles. The Balaban J connectivity index is 1.90. The summed E-state index contributed by atoms with van der Waals surface area (Å²) >= 11 is 0. The van der Waals surface area contributed by atoms with Crippen LogP contribution in [0.2, 0.25) is 0 Å². The summed E-state index contributed by atoms with van der Waals surface area (Å²) in [5, 5.41) is 3.73. The minimum absolute atomic E-state index is 0.450. The van der Waals surface area contributed by atoms with Gasteiger partial charge in [-0.25, -0.2) is 0 Å². The van der Waals surface area contributed by atoms with Gasteiger partial charge in [0.05, 0.1) is 6.10 Å². The Morgan fingerprint density at radius 2 is 2.05 bits per heavy atom. The largest absolute Gasteiger partial charge is 0.377 e. The fraction of sp³-hybridized carbons (Fsp3) is 1.00. The summed E-state index contributed by atoms with van der Waals surface area (Å²) in [7, 11) is 0. The van der Waals surface area contributed by atoms with E-state index >= 15 is 0 Å². The Bertz CT molecular complexity index is 262. The van der Waals surface area contributed by atoms with E-state index in [4.69, 9.17) is 4.74 Å². The molecule has 0 radical (unpaired) electrons. The van der Waals surface area contributed by atoms with Gasteiger partial charge in [0.2, 0.25) is 0 Å². The maximum Gasteiger partial charge on any atom is 0.0672 e. The molecule has 2 nitrogen and oxygen atoms in total. The molecular formula is C17H33NO. The highest BCUT2D eigenvalue weighted by Crippen LogP contribution is 2.50. The summed E-state index contributed by atoms with van der Waals surface area (Å²) in [6.07, 6.45) is 10.1. The first kappa shape index (κ1) is 15.3. The van der Waals surface area contributed by atoms with Crippen LogP contribution in [0.5, 0.6) is 0 Å². The first-order chi connectivity index (χ1) is 9.18. The van der Waals surface area contributed by atoms with Crippen LogP contribution >= 0.6 is 0 Å². The van der Waals surface area contributed by atoms with E-state index in [0.29, 0.717) is 11.5 Å². The van der Waals surface area contributed by atoms with Crippen molar-refractivity contribution in [3.63, 3.8) is 0 Å². The number of rotatable bonds is 9. The van der Waals surface area contributed by atoms with E-state index < -0.39 is 0 Å². The molecule has 2 aliphatic rings. The summed E-state index contributed by atoms with van der Waals surface area (Å²) in [6.45, 7) is 10.2. The molecule has 0 aromatic rings. The highest BCUT2D eigenvalue weighted by molar-refractivity contribution is 5.00. The van der Waals surface area contributed by atoms with Crippen LogP contribution in [0.25, 0.3) is 0 Å². The van der Waals surface area contributed by atoms with Gasteiger partial charge in [-0.05, 0) is 44.1 Å². The quantitative estimate of drug-likeness (QED) is 0.638. The fourth-order valence-corrected chi connectivity index (χ4v) is 3.62. The van der Waals surface area contributed by atoms with Gasteiger partial charge in [-0.3, -0.25) is 0 Å². The van der Waals surface area contributed by atoms with Gasteiger partial charge >= 0.3 is 0 Å². The number of nitrogens with one attached hydrogen (secondary N) is 1. The molecule has 1 aliphatic carbocycles. The van der Waals surface area contributed by atoms with Crippen molar-refractivity contribution in [1.82, 2.24) is 5.32 Å². The van der Waals surface area contributed by atoms with Crippen molar-refractivity contribution in [2.24, 2.45) is 17.3 Å². The van der Waals surface area contributed by atoms with E-state index in [1.807, 2.05) is 0 Å². The first-order valence-electron chi connectivity index (χ1n) is 8.50. The maximum absolute atomic E-state index is 6.14. The Labute approximate surface area is 119 Å². The molecule has 0 aromatic carbocycles. The third-order valence-corrected chi connectivity index (χ3v) is 4.86. The SMILES string of the molecule is CCCCCC1(CNCC(C)C)CCOC1C1CC1. The molecule has 1 saturated heterocycles. The van der Waals surface area contributed by atoms with Gasteiger partial charge in [0.1, 0.15) is 0 Å². The van der Waals surface area contributed by atoms with Crippen LogP contribution in [0.1, 0.15) is 65.7 Å². The standard InChI is InChI=1S/C17H33NO/c1-4-5-6-9-17(13-18-12-14(2)3)10-11-19-16(17)15-7-8-15/h14-16,18H,4-13H2,1-3H3. The van der Waals surface area contributed by atoms with Gasteiger partial charge < -0.3 is 10.1 Å². The molecule has 19 heavy (non-hydrogen) atoms. The van der Waals surface area contributed by atoms with Gasteiger partial charge in [0.25, 0.3) is 0 Å². The van der Waals surface area contributed by atoms with Crippen LogP contribution in [-0.4, -0.2) is 25.8 Å². The summed E-state index contributed by atoms with van der Waals surface area (Å²) < 4.78 is 6.14. The summed E-state index contributed by atoms with van der Waals surface area (Å²) in [4.78, 5) is 0. The second kappa shape index (κ2) is 7.08. The third kappa shape index (κ3) is 4.19. The number of hydrogen-bond acceptors (Lipinski definition) is 2. The van der Waals surface area contributed by atoms with Crippen molar-refractivity contribution in [2.45, 2.75) is 71.8 Å². The Morgan fingerprint density at radius 3 is 2.68 bits per heavy atom. The average Bonchev–Trinajstić information content (AvgIpc) is 3.12. The fourth-order valence-electron chi connectivity index (χ4n) is 3.62. The zero-order valence-electron chi connectivity index (χ0n) is 13.2. The summed E-state index contributed by atoms with van der Waals surface area (Å²) in [6, 6.07) is 0. The minimum atomic E-state index is 0.450. The monoisotopic (exact) mass is 267 g/mol. The summed E-state index contributed by atoms with van der Waals surface area (Å²) in [5.41, 5.74) is 0.450. The molecule has 1 heterocycles. The minimum Gasteiger partial charge on any atom is -0.377 e. The first-order valence-corrected chi connectivity index (χ1v) is 8.50. The highest BCUT2D eigenvalue weighted by atomic mass is 16.5. The number of unbranched alkanes of at least 4 members (excludes halogenated alkanes) is 2. The van der Waals surface area contributed by atoms with E-state index in [0.717, 1.165) is 25.0 Å². The molecule has 112 valence electrons. The van der Waals surface area contributed by atoms with E-state index in [1.165, 1.54) is 51.5 Å². The smallest absolute Gasteiger partial charge is 0.0672 e. The van der Waals surface area contributed by atoms with Crippen LogP contribution in [0.15, 0.2) is 0 Å². The van der Waals surface area contributed by atoms with Crippen molar-refractivity contribution in [3.8, 4) is 0 Å². The van der Waals surface area contributed by atoms with Crippen molar-refractivity contribution < 1.29 is 4.74 Å². The van der Waals surface area contributed by atoms with Crippen LogP contribution in [0, 0.1) is 17.3 Å². The van der Waals surface area contributed by atoms with Gasteiger partial charge in [-0.2, -0.15) is 0 Å². The molecule has 1 N–H and O–H groups in total. The van der Waals surface area contributed by atoms with E-state index in [2.05, 4.69) is 26.1 Å². The van der Waals surface area contributed by atoms with Crippen LogP contribution in [0.4, 0.5) is 0 Å². The second-order valence-corrected chi connectivity index (χ2v) is 7.22. The highest BCUT2D eigenvalue weighted by Gasteiger charge is 2.50. The van der Waals surface area contributed by atoms with Crippen molar-refractivity contribution in [1.29, 1.82) is 0 Å². The van der Waals surface area contributed by atoms with E-state index in [-0.39, 0.29) is 0 Å². The molecular weight excluding hydrogens is 234 g/mol. The topological polar surface area (TPSA) is 21.3 Å². The van der Waals surface area contributed by atoms with Crippen LogP contribution in [0.3, 0.4) is 0 Å². The molecule has 0 spiro atoms. The molecule has 0 bridgehead atoms. The van der Waals surface area contributed by atoms with Gasteiger partial charge in [0.15, 0.2) is 0 Å². The van der Waals surface area contributed by atoms with Crippen LogP contribution in [-0.2, 0) is 4.74 Å². The predicted octanol–water partition coefficient (Wildman–Crippen LogP) is 4.00. The molecule has 1 aliphatic heterocycles. The molecule has 0 amide bonds. The molecule has 1 saturated carbocycles. The number of hydrogen-bond donors (Lipinski definition) is 1. The second-order valence-electron chi connectivity index (χ2n) is 7.22. The molecule has 2 heteroatoms. The molecule has 2 rings (SSSR count). The summed E-state index contributed by atoms with van der Waals surface area (Å²) in [5.74, 6) is 1.62. The number of ether oxygens (including phenoxy) is 1.